The van der Waals surface area contributed by atoms with Crippen molar-refractivity contribution in [3.63, 3.8) is 0 Å². The summed E-state index contributed by atoms with van der Waals surface area (Å²) in [5, 5.41) is 14.5. The van der Waals surface area contributed by atoms with Crippen molar-refractivity contribution in [2.75, 3.05) is 23.5 Å². The number of nitrogens with one attached hydrogen (secondary N) is 2. The van der Waals surface area contributed by atoms with Crippen molar-refractivity contribution in [1.29, 1.82) is 0 Å². The number of anilines is 3. The maximum atomic E-state index is 13.5. The molecule has 0 fully saturated rings. The van der Waals surface area contributed by atoms with Gasteiger partial charge < -0.3 is 20.8 Å². The van der Waals surface area contributed by atoms with Gasteiger partial charge in [-0.15, -0.1) is 0 Å². The minimum absolute atomic E-state index is 0.207. The van der Waals surface area contributed by atoms with Crippen molar-refractivity contribution in [2.45, 2.75) is 53.9 Å². The van der Waals surface area contributed by atoms with Gasteiger partial charge in [-0.3, -0.25) is 38.9 Å². The first-order valence-corrected chi connectivity index (χ1v) is 15.9. The van der Waals surface area contributed by atoms with Crippen LogP contribution >= 0.6 is 0 Å². The fourth-order valence-corrected chi connectivity index (χ4v) is 5.73. The Morgan fingerprint density at radius 3 is 1.94 bits per heavy atom. The van der Waals surface area contributed by atoms with E-state index in [0.29, 0.717) is 63.8 Å². The maximum Gasteiger partial charge on any atom is 0.276 e. The first-order chi connectivity index (χ1) is 24.0. The summed E-state index contributed by atoms with van der Waals surface area (Å²) in [4.78, 5) is 52.6. The molecule has 0 unspecified atom stereocenters. The molecule has 6 rings (SSSR count). The van der Waals surface area contributed by atoms with Gasteiger partial charge in [-0.25, -0.2) is 15.0 Å². The summed E-state index contributed by atoms with van der Waals surface area (Å²) in [7, 11) is 1.47. The number of carbonyl (C=O) groups is 3. The van der Waals surface area contributed by atoms with Gasteiger partial charge >= 0.3 is 0 Å². The number of amides is 3. The normalized spacial score (nSPS) is 11.5. The van der Waals surface area contributed by atoms with E-state index in [0.717, 1.165) is 5.69 Å². The third-order valence-electron chi connectivity index (χ3n) is 7.98. The lowest BCUT2D eigenvalue weighted by Gasteiger charge is -2.11. The molecule has 0 radical (unpaired) electrons. The molecule has 0 saturated heterocycles. The Morgan fingerprint density at radius 2 is 1.38 bits per heavy atom. The quantitative estimate of drug-likeness (QED) is 0.138. The number of pyridine rings is 1. The largest absolute Gasteiger partial charge is 0.494 e. The number of nitrogen functional groups attached to an aromatic ring is 1. The van der Waals surface area contributed by atoms with Crippen molar-refractivity contribution in [1.82, 2.24) is 43.6 Å². The van der Waals surface area contributed by atoms with Gasteiger partial charge in [0.25, 0.3) is 11.8 Å². The number of allylic oxidation sites excluding steroid dienone is 2. The lowest BCUT2D eigenvalue weighted by molar-refractivity contribution is 0.0994. The zero-order valence-electron chi connectivity index (χ0n) is 28.3. The molecular formula is C33H37N13O4. The number of hydrogen-bond acceptors (Lipinski definition) is 10. The van der Waals surface area contributed by atoms with Crippen LogP contribution in [0, 0.1) is 13.8 Å². The number of rotatable bonds is 12. The summed E-state index contributed by atoms with van der Waals surface area (Å²) in [6, 6.07) is 8.17. The van der Waals surface area contributed by atoms with Crippen LogP contribution in [0.5, 0.6) is 5.75 Å². The van der Waals surface area contributed by atoms with Gasteiger partial charge in [0, 0.05) is 31.7 Å². The Morgan fingerprint density at radius 1 is 0.820 bits per heavy atom. The van der Waals surface area contributed by atoms with Crippen LogP contribution in [0.15, 0.2) is 48.7 Å². The molecule has 0 atom stereocenters. The Bertz CT molecular complexity index is 2310. The summed E-state index contributed by atoms with van der Waals surface area (Å²) in [5.41, 5.74) is 16.4. The molecule has 0 saturated carbocycles. The zero-order valence-corrected chi connectivity index (χ0v) is 28.3. The molecule has 5 heterocycles. The molecule has 50 heavy (non-hydrogen) atoms. The Hall–Kier alpha value is -6.52. The Kier molecular flexibility index (Phi) is 9.04. The zero-order chi connectivity index (χ0) is 35.7. The predicted molar refractivity (Wildman–Crippen MR) is 187 cm³/mol. The van der Waals surface area contributed by atoms with E-state index in [4.69, 9.17) is 16.2 Å². The molecule has 0 spiro atoms. The van der Waals surface area contributed by atoms with E-state index in [1.165, 1.54) is 19.4 Å². The number of ether oxygens (including phenoxy) is 1. The SMILES string of the molecule is CCn1nc(C)cc1C(=O)Nc1nc2cc(N)cnc2n1C/C=C/Cn1c(NC(=O)c2cc(C)nn2CC)nc2cc(C(N)=O)cc(OC)c21. The summed E-state index contributed by atoms with van der Waals surface area (Å²) >= 11 is 0. The molecule has 6 N–H and O–H groups in total. The monoisotopic (exact) mass is 679 g/mol. The van der Waals surface area contributed by atoms with Crippen LogP contribution in [0.3, 0.4) is 0 Å². The molecule has 0 aliphatic carbocycles. The van der Waals surface area contributed by atoms with Crippen LogP contribution in [-0.4, -0.2) is 68.5 Å². The number of hydrogen-bond donors (Lipinski definition) is 4. The number of nitrogens with zero attached hydrogens (tertiary/aromatic N) is 9. The number of primary amides is 1. The van der Waals surface area contributed by atoms with Gasteiger partial charge in [-0.2, -0.15) is 10.2 Å². The van der Waals surface area contributed by atoms with Crippen LogP contribution in [0.2, 0.25) is 0 Å². The standard InChI is InChI=1S/C33H37N13O4/c1-6-45-24(12-18(3)41-45)30(48)39-32-37-22-14-20(28(35)47)15-26(50-5)27(22)43(32)10-8-9-11-44-29-23(16-21(34)17-36-29)38-33(44)40-31(49)25-13-19(4)42-46(25)7-2/h8-9,12-17H,6-7,10-11,34H2,1-5H3,(H2,35,47)(H,37,39,48)(H,38,40,49)/b9-8+. The summed E-state index contributed by atoms with van der Waals surface area (Å²) in [6.07, 6.45) is 5.26. The van der Waals surface area contributed by atoms with E-state index < -0.39 is 11.8 Å². The lowest BCUT2D eigenvalue weighted by Crippen LogP contribution is -2.20. The van der Waals surface area contributed by atoms with E-state index in [9.17, 15) is 14.4 Å². The number of carbonyl (C=O) groups excluding carboxylic acids is 3. The summed E-state index contributed by atoms with van der Waals surface area (Å²) in [5.74, 6) is -0.574. The molecule has 3 amide bonds. The second-order valence-electron chi connectivity index (χ2n) is 11.5. The van der Waals surface area contributed by atoms with Gasteiger partial charge in [0.1, 0.15) is 28.2 Å². The highest BCUT2D eigenvalue weighted by Gasteiger charge is 2.22. The minimum atomic E-state index is -0.646. The highest BCUT2D eigenvalue weighted by molar-refractivity contribution is 6.04. The van der Waals surface area contributed by atoms with Crippen LogP contribution in [0.25, 0.3) is 22.2 Å². The highest BCUT2D eigenvalue weighted by atomic mass is 16.5. The molecular weight excluding hydrogens is 642 g/mol. The average molecular weight is 680 g/mol. The molecule has 6 aromatic rings. The van der Waals surface area contributed by atoms with Crippen LogP contribution in [0.1, 0.15) is 56.6 Å². The number of fused-ring (bicyclic) bond motifs is 2. The smallest absolute Gasteiger partial charge is 0.276 e. The fraction of sp³-hybridized carbons (Fsp3) is 0.273. The van der Waals surface area contributed by atoms with Crippen molar-refractivity contribution in [3.8, 4) is 5.75 Å². The number of aromatic nitrogens is 9. The molecule has 17 heteroatoms. The molecule has 5 aromatic heterocycles. The van der Waals surface area contributed by atoms with Crippen molar-refractivity contribution >= 4 is 57.5 Å². The van der Waals surface area contributed by atoms with Crippen molar-refractivity contribution in [2.24, 2.45) is 5.73 Å². The van der Waals surface area contributed by atoms with Gasteiger partial charge in [0.15, 0.2) is 5.65 Å². The Balaban J connectivity index is 1.34. The molecule has 0 bridgehead atoms. The molecule has 17 nitrogen and oxygen atoms in total. The third-order valence-corrected chi connectivity index (χ3v) is 7.98. The average Bonchev–Trinajstić information content (AvgIpc) is 3.84. The summed E-state index contributed by atoms with van der Waals surface area (Å²) < 4.78 is 12.4. The number of benzene rings is 1. The van der Waals surface area contributed by atoms with Crippen LogP contribution < -0.4 is 26.8 Å². The van der Waals surface area contributed by atoms with Crippen molar-refractivity contribution in [3.05, 3.63) is 77.0 Å². The van der Waals surface area contributed by atoms with E-state index in [1.807, 2.05) is 39.8 Å². The van der Waals surface area contributed by atoms with Gasteiger partial charge in [0.05, 0.1) is 35.9 Å². The maximum absolute atomic E-state index is 13.5. The van der Waals surface area contributed by atoms with E-state index >= 15 is 0 Å². The first-order valence-electron chi connectivity index (χ1n) is 15.9. The van der Waals surface area contributed by atoms with E-state index in [1.54, 1.807) is 42.8 Å². The van der Waals surface area contributed by atoms with Crippen molar-refractivity contribution < 1.29 is 19.1 Å². The second-order valence-corrected chi connectivity index (χ2v) is 11.5. The number of methoxy groups -OCH3 is 1. The minimum Gasteiger partial charge on any atom is -0.494 e. The van der Waals surface area contributed by atoms with Crippen LogP contribution in [0.4, 0.5) is 17.6 Å². The van der Waals surface area contributed by atoms with Gasteiger partial charge in [-0.05, 0) is 58.0 Å². The van der Waals surface area contributed by atoms with Crippen LogP contribution in [-0.2, 0) is 26.2 Å². The number of imidazole rings is 2. The number of aryl methyl sites for hydroxylation is 4. The number of nitrogens with two attached hydrogens (primary N) is 2. The fourth-order valence-electron chi connectivity index (χ4n) is 5.73. The van der Waals surface area contributed by atoms with E-state index in [-0.39, 0.29) is 36.5 Å². The second kappa shape index (κ2) is 13.5. The Labute approximate surface area is 285 Å². The first kappa shape index (κ1) is 33.4. The summed E-state index contributed by atoms with van der Waals surface area (Å²) in [6.45, 7) is 8.95. The molecule has 0 aliphatic rings. The van der Waals surface area contributed by atoms with Gasteiger partial charge in [-0.1, -0.05) is 12.2 Å². The molecule has 1 aromatic carbocycles. The van der Waals surface area contributed by atoms with E-state index in [2.05, 4.69) is 35.8 Å². The molecule has 0 aliphatic heterocycles. The lowest BCUT2D eigenvalue weighted by atomic mass is 10.1. The predicted octanol–water partition coefficient (Wildman–Crippen LogP) is 3.28. The van der Waals surface area contributed by atoms with Gasteiger partial charge in [0.2, 0.25) is 17.8 Å². The molecule has 258 valence electrons. The highest BCUT2D eigenvalue weighted by Crippen LogP contribution is 2.31. The topological polar surface area (TPSA) is 221 Å². The third kappa shape index (κ3) is 6.35.